The van der Waals surface area contributed by atoms with Gasteiger partial charge in [0.05, 0.1) is 12.6 Å². The second-order valence-corrected chi connectivity index (χ2v) is 10.3. The molecule has 1 aliphatic heterocycles. The molecular formula is C25H31NO4S. The van der Waals surface area contributed by atoms with Crippen molar-refractivity contribution < 1.29 is 19.1 Å². The van der Waals surface area contributed by atoms with E-state index < -0.39 is 17.4 Å². The smallest absolute Gasteiger partial charge is 0.412 e. The third kappa shape index (κ3) is 6.11. The van der Waals surface area contributed by atoms with Crippen molar-refractivity contribution in [3.05, 3.63) is 71.8 Å². The summed E-state index contributed by atoms with van der Waals surface area (Å²) in [5.41, 5.74) is 0.338. The number of carbonyl (C=O) groups is 2. The molecule has 0 N–H and O–H groups in total. The Morgan fingerprint density at radius 1 is 1.10 bits per heavy atom. The van der Waals surface area contributed by atoms with Crippen LogP contribution in [0, 0.1) is 0 Å². The molecule has 1 aliphatic rings. The summed E-state index contributed by atoms with van der Waals surface area (Å²) in [7, 11) is 0. The summed E-state index contributed by atoms with van der Waals surface area (Å²) in [5.74, 6) is 0. The predicted molar refractivity (Wildman–Crippen MR) is 124 cm³/mol. The summed E-state index contributed by atoms with van der Waals surface area (Å²) in [6, 6.07) is 19.0. The van der Waals surface area contributed by atoms with Gasteiger partial charge in [-0.1, -0.05) is 72.4 Å². The highest BCUT2D eigenvalue weighted by molar-refractivity contribution is 8.14. The molecule has 2 atom stereocenters. The van der Waals surface area contributed by atoms with E-state index in [1.807, 2.05) is 95.3 Å². The predicted octanol–water partition coefficient (Wildman–Crippen LogP) is 6.06. The van der Waals surface area contributed by atoms with Crippen molar-refractivity contribution in [3.8, 4) is 0 Å². The molecule has 0 saturated carbocycles. The molecule has 3 rings (SSSR count). The van der Waals surface area contributed by atoms with Gasteiger partial charge in [0.15, 0.2) is 0 Å². The van der Waals surface area contributed by atoms with Gasteiger partial charge >= 0.3 is 6.09 Å². The van der Waals surface area contributed by atoms with Gasteiger partial charge in [-0.25, -0.2) is 4.79 Å². The SMILES string of the molecule is CC(C)(C)OC(=O)N1[C@@H](C[C@H](SC(=O)c2ccccc2)c2ccccc2)COC1(C)C. The van der Waals surface area contributed by atoms with Crippen molar-refractivity contribution in [3.63, 3.8) is 0 Å². The van der Waals surface area contributed by atoms with E-state index >= 15 is 0 Å². The average Bonchev–Trinajstić information content (AvgIpc) is 3.01. The molecule has 2 aromatic carbocycles. The molecule has 1 amide bonds. The molecule has 2 aromatic rings. The highest BCUT2D eigenvalue weighted by Gasteiger charge is 2.46. The highest BCUT2D eigenvalue weighted by atomic mass is 32.2. The summed E-state index contributed by atoms with van der Waals surface area (Å²) >= 11 is 1.29. The van der Waals surface area contributed by atoms with Crippen molar-refractivity contribution in [2.24, 2.45) is 0 Å². The van der Waals surface area contributed by atoms with E-state index in [0.29, 0.717) is 18.6 Å². The van der Waals surface area contributed by atoms with Crippen molar-refractivity contribution >= 4 is 23.0 Å². The van der Waals surface area contributed by atoms with Gasteiger partial charge in [0, 0.05) is 10.8 Å². The zero-order valence-electron chi connectivity index (χ0n) is 18.8. The summed E-state index contributed by atoms with van der Waals surface area (Å²) in [6.45, 7) is 9.70. The van der Waals surface area contributed by atoms with Crippen LogP contribution in [-0.4, -0.2) is 40.1 Å². The maximum Gasteiger partial charge on any atom is 0.412 e. The Kier molecular flexibility index (Phi) is 7.12. The Bertz CT molecular complexity index is 893. The maximum absolute atomic E-state index is 13.0. The summed E-state index contributed by atoms with van der Waals surface area (Å²) in [5, 5.41) is -0.113. The third-order valence-corrected chi connectivity index (χ3v) is 6.28. The minimum absolute atomic E-state index is 0.0106. The van der Waals surface area contributed by atoms with Gasteiger partial charge in [0.2, 0.25) is 5.12 Å². The Balaban J connectivity index is 1.84. The highest BCUT2D eigenvalue weighted by Crippen LogP contribution is 2.40. The minimum Gasteiger partial charge on any atom is -0.444 e. The van der Waals surface area contributed by atoms with Crippen LogP contribution in [0.1, 0.15) is 62.2 Å². The number of nitrogens with zero attached hydrogens (tertiary/aromatic N) is 1. The molecule has 0 bridgehead atoms. The van der Waals surface area contributed by atoms with Gasteiger partial charge < -0.3 is 9.47 Å². The fraction of sp³-hybridized carbons (Fsp3) is 0.440. The number of amides is 1. The zero-order valence-corrected chi connectivity index (χ0v) is 19.6. The molecule has 1 fully saturated rings. The van der Waals surface area contributed by atoms with Gasteiger partial charge in [-0.3, -0.25) is 9.69 Å². The first kappa shape index (κ1) is 23.4. The largest absolute Gasteiger partial charge is 0.444 e. The van der Waals surface area contributed by atoms with Crippen molar-refractivity contribution in [1.29, 1.82) is 0 Å². The molecule has 5 nitrogen and oxygen atoms in total. The van der Waals surface area contributed by atoms with E-state index in [1.54, 1.807) is 4.90 Å². The lowest BCUT2D eigenvalue weighted by Crippen LogP contribution is -2.50. The molecule has 0 unspecified atom stereocenters. The maximum atomic E-state index is 13.0. The summed E-state index contributed by atoms with van der Waals surface area (Å²) < 4.78 is 11.6. The number of thioether (sulfide) groups is 1. The Labute approximate surface area is 189 Å². The van der Waals surface area contributed by atoms with Gasteiger partial charge in [0.1, 0.15) is 11.3 Å². The van der Waals surface area contributed by atoms with Crippen LogP contribution in [0.3, 0.4) is 0 Å². The first-order chi connectivity index (χ1) is 14.6. The monoisotopic (exact) mass is 441 g/mol. The van der Waals surface area contributed by atoms with E-state index in [0.717, 1.165) is 5.56 Å². The average molecular weight is 442 g/mol. The Hall–Kier alpha value is -2.31. The van der Waals surface area contributed by atoms with Crippen LogP contribution in [-0.2, 0) is 9.47 Å². The molecule has 0 spiro atoms. The Morgan fingerprint density at radius 2 is 1.68 bits per heavy atom. The van der Waals surface area contributed by atoms with Crippen molar-refractivity contribution in [2.75, 3.05) is 6.61 Å². The number of carbonyl (C=O) groups excluding carboxylic acids is 2. The standard InChI is InChI=1S/C25H31NO4S/c1-24(2,3)30-23(28)26-20(17-29-25(26,4)5)16-21(18-12-8-6-9-13-18)31-22(27)19-14-10-7-11-15-19/h6-15,20-21H,16-17H2,1-5H3/t20-,21-/m0/s1. The van der Waals surface area contributed by atoms with E-state index in [4.69, 9.17) is 9.47 Å². The molecule has 6 heteroatoms. The molecule has 0 aliphatic carbocycles. The van der Waals surface area contributed by atoms with Crippen LogP contribution < -0.4 is 0 Å². The van der Waals surface area contributed by atoms with Crippen LogP contribution in [0.4, 0.5) is 4.79 Å². The van der Waals surface area contributed by atoms with Gasteiger partial charge in [-0.2, -0.15) is 0 Å². The van der Waals surface area contributed by atoms with Crippen molar-refractivity contribution in [2.45, 2.75) is 63.7 Å². The van der Waals surface area contributed by atoms with E-state index in [1.165, 1.54) is 11.8 Å². The summed E-state index contributed by atoms with van der Waals surface area (Å²) in [6.07, 6.45) is 0.182. The Morgan fingerprint density at radius 3 is 2.26 bits per heavy atom. The number of ether oxygens (including phenoxy) is 2. The van der Waals surface area contributed by atoms with E-state index in [2.05, 4.69) is 0 Å². The van der Waals surface area contributed by atoms with Crippen LogP contribution in [0.25, 0.3) is 0 Å². The van der Waals surface area contributed by atoms with Crippen molar-refractivity contribution in [1.82, 2.24) is 4.90 Å². The second kappa shape index (κ2) is 9.45. The number of hydrogen-bond donors (Lipinski definition) is 0. The first-order valence-corrected chi connectivity index (χ1v) is 11.4. The van der Waals surface area contributed by atoms with Crippen LogP contribution in [0.5, 0.6) is 0 Å². The second-order valence-electron chi connectivity index (χ2n) is 9.17. The number of hydrogen-bond acceptors (Lipinski definition) is 5. The fourth-order valence-corrected chi connectivity index (χ4v) is 4.82. The van der Waals surface area contributed by atoms with Crippen LogP contribution in [0.2, 0.25) is 0 Å². The molecule has 31 heavy (non-hydrogen) atoms. The molecule has 1 heterocycles. The quantitative estimate of drug-likeness (QED) is 0.564. The van der Waals surface area contributed by atoms with Crippen LogP contribution in [0.15, 0.2) is 60.7 Å². The van der Waals surface area contributed by atoms with E-state index in [9.17, 15) is 9.59 Å². The lowest BCUT2D eigenvalue weighted by Gasteiger charge is -2.36. The number of benzene rings is 2. The number of rotatable bonds is 5. The molecule has 166 valence electrons. The van der Waals surface area contributed by atoms with Gasteiger partial charge in [-0.05, 0) is 46.6 Å². The van der Waals surface area contributed by atoms with Gasteiger partial charge in [0.25, 0.3) is 0 Å². The van der Waals surface area contributed by atoms with E-state index in [-0.39, 0.29) is 16.4 Å². The summed E-state index contributed by atoms with van der Waals surface area (Å²) in [4.78, 5) is 27.6. The lowest BCUT2D eigenvalue weighted by atomic mass is 10.0. The fourth-order valence-electron chi connectivity index (χ4n) is 3.68. The lowest BCUT2D eigenvalue weighted by molar-refractivity contribution is -0.0626. The zero-order chi connectivity index (χ0) is 22.6. The molecule has 1 saturated heterocycles. The molecular weight excluding hydrogens is 410 g/mol. The van der Waals surface area contributed by atoms with Crippen LogP contribution >= 0.6 is 11.8 Å². The topological polar surface area (TPSA) is 55.8 Å². The molecule has 0 aromatic heterocycles. The van der Waals surface area contributed by atoms with Gasteiger partial charge in [-0.15, -0.1) is 0 Å². The third-order valence-electron chi connectivity index (χ3n) is 5.08. The minimum atomic E-state index is -0.775. The normalized spacial score (nSPS) is 19.1. The molecule has 0 radical (unpaired) electrons. The first-order valence-electron chi connectivity index (χ1n) is 10.5.